The van der Waals surface area contributed by atoms with Gasteiger partial charge in [0.25, 0.3) is 0 Å². The van der Waals surface area contributed by atoms with Gasteiger partial charge < -0.3 is 10.5 Å². The van der Waals surface area contributed by atoms with E-state index in [1.807, 2.05) is 0 Å². The normalized spacial score (nSPS) is 10.1. The number of amidine groups is 1. The molecule has 6 heteroatoms. The number of nitrogens with two attached hydrogens (primary N) is 1. The highest BCUT2D eigenvalue weighted by Crippen LogP contribution is 2.28. The molecule has 0 saturated heterocycles. The van der Waals surface area contributed by atoms with Crippen LogP contribution in [0, 0.1) is 22.4 Å². The van der Waals surface area contributed by atoms with E-state index in [4.69, 9.17) is 15.9 Å². The highest BCUT2D eigenvalue weighted by molar-refractivity contribution is 5.96. The van der Waals surface area contributed by atoms with Crippen LogP contribution < -0.4 is 10.5 Å². The lowest BCUT2D eigenvalue weighted by Gasteiger charge is -2.10. The van der Waals surface area contributed by atoms with E-state index in [-0.39, 0.29) is 23.9 Å². The molecule has 3 N–H and O–H groups in total. The molecular weight excluding hydrogens is 270 g/mol. The summed E-state index contributed by atoms with van der Waals surface area (Å²) in [6, 6.07) is 11.8. The molecule has 0 saturated carbocycles. The number of aryl methyl sites for hydroxylation is 1. The fourth-order valence-corrected chi connectivity index (χ4v) is 1.96. The average Bonchev–Trinajstić information content (AvgIpc) is 2.46. The van der Waals surface area contributed by atoms with Gasteiger partial charge in [0.2, 0.25) is 0 Å². The SMILES string of the molecule is Cc1ccc(OCc2ccccc2C(=N)N)c([N+](=O)[O-])c1. The maximum absolute atomic E-state index is 11.0. The Balaban J connectivity index is 2.25. The van der Waals surface area contributed by atoms with Crippen LogP contribution >= 0.6 is 0 Å². The van der Waals surface area contributed by atoms with E-state index < -0.39 is 4.92 Å². The molecule has 0 unspecified atom stereocenters. The van der Waals surface area contributed by atoms with Crippen LogP contribution in [0.4, 0.5) is 5.69 Å². The van der Waals surface area contributed by atoms with E-state index in [2.05, 4.69) is 0 Å². The minimum Gasteiger partial charge on any atom is -0.482 e. The first kappa shape index (κ1) is 14.5. The summed E-state index contributed by atoms with van der Waals surface area (Å²) >= 11 is 0. The first-order valence-corrected chi connectivity index (χ1v) is 6.29. The van der Waals surface area contributed by atoms with Crippen molar-refractivity contribution in [1.82, 2.24) is 0 Å². The molecule has 0 radical (unpaired) electrons. The van der Waals surface area contributed by atoms with E-state index in [0.717, 1.165) is 5.56 Å². The van der Waals surface area contributed by atoms with Gasteiger partial charge in [-0.25, -0.2) is 0 Å². The smallest absolute Gasteiger partial charge is 0.311 e. The number of nitro groups is 1. The van der Waals surface area contributed by atoms with Crippen molar-refractivity contribution in [3.8, 4) is 5.75 Å². The summed E-state index contributed by atoms with van der Waals surface area (Å²) in [5, 5.41) is 18.5. The Morgan fingerprint density at radius 1 is 1.33 bits per heavy atom. The molecule has 108 valence electrons. The largest absolute Gasteiger partial charge is 0.482 e. The van der Waals surface area contributed by atoms with Crippen molar-refractivity contribution in [2.75, 3.05) is 0 Å². The molecule has 0 aliphatic heterocycles. The van der Waals surface area contributed by atoms with E-state index in [9.17, 15) is 10.1 Å². The first-order valence-electron chi connectivity index (χ1n) is 6.29. The lowest BCUT2D eigenvalue weighted by molar-refractivity contribution is -0.386. The zero-order chi connectivity index (χ0) is 15.4. The van der Waals surface area contributed by atoms with Gasteiger partial charge in [0.05, 0.1) is 4.92 Å². The molecule has 0 heterocycles. The van der Waals surface area contributed by atoms with E-state index in [0.29, 0.717) is 11.1 Å². The maximum atomic E-state index is 11.0. The van der Waals surface area contributed by atoms with Gasteiger partial charge >= 0.3 is 5.69 Å². The third kappa shape index (κ3) is 3.36. The number of nitro benzene ring substituents is 1. The molecule has 2 aromatic rings. The average molecular weight is 285 g/mol. The van der Waals surface area contributed by atoms with Gasteiger partial charge in [-0.1, -0.05) is 30.3 Å². The van der Waals surface area contributed by atoms with Gasteiger partial charge in [-0.2, -0.15) is 0 Å². The van der Waals surface area contributed by atoms with Gasteiger partial charge in [-0.3, -0.25) is 15.5 Å². The van der Waals surface area contributed by atoms with Crippen molar-refractivity contribution in [1.29, 1.82) is 5.41 Å². The minimum absolute atomic E-state index is 0.0624. The highest BCUT2D eigenvalue weighted by Gasteiger charge is 2.15. The monoisotopic (exact) mass is 285 g/mol. The molecule has 2 rings (SSSR count). The van der Waals surface area contributed by atoms with E-state index in [1.54, 1.807) is 43.3 Å². The second-order valence-electron chi connectivity index (χ2n) is 4.59. The number of hydrogen-bond acceptors (Lipinski definition) is 4. The summed E-state index contributed by atoms with van der Waals surface area (Å²) in [5.74, 6) is 0.136. The molecule has 6 nitrogen and oxygen atoms in total. The van der Waals surface area contributed by atoms with Gasteiger partial charge in [0.1, 0.15) is 12.4 Å². The van der Waals surface area contributed by atoms with Crippen LogP contribution in [-0.4, -0.2) is 10.8 Å². The lowest BCUT2D eigenvalue weighted by Crippen LogP contribution is -2.14. The van der Waals surface area contributed by atoms with Crippen molar-refractivity contribution in [2.45, 2.75) is 13.5 Å². The maximum Gasteiger partial charge on any atom is 0.311 e. The predicted octanol–water partition coefficient (Wildman–Crippen LogP) is 2.77. The number of nitrogen functional groups attached to an aromatic ring is 1. The van der Waals surface area contributed by atoms with Crippen molar-refractivity contribution in [2.24, 2.45) is 5.73 Å². The Labute approximate surface area is 121 Å². The lowest BCUT2D eigenvalue weighted by atomic mass is 10.1. The molecule has 0 amide bonds. The minimum atomic E-state index is -0.473. The Hall–Kier alpha value is -2.89. The molecule has 0 aliphatic rings. The van der Waals surface area contributed by atoms with Crippen LogP contribution in [-0.2, 0) is 6.61 Å². The summed E-state index contributed by atoms with van der Waals surface area (Å²) in [7, 11) is 0. The summed E-state index contributed by atoms with van der Waals surface area (Å²) in [6.45, 7) is 1.89. The number of hydrogen-bond donors (Lipinski definition) is 2. The van der Waals surface area contributed by atoms with Gasteiger partial charge in [0, 0.05) is 17.2 Å². The van der Waals surface area contributed by atoms with Crippen LogP contribution in [0.5, 0.6) is 5.75 Å². The second-order valence-corrected chi connectivity index (χ2v) is 4.59. The Morgan fingerprint density at radius 3 is 2.71 bits per heavy atom. The first-order chi connectivity index (χ1) is 9.99. The molecular formula is C15H15N3O3. The summed E-state index contributed by atoms with van der Waals surface area (Å²) in [6.07, 6.45) is 0. The van der Waals surface area contributed by atoms with Crippen molar-refractivity contribution in [3.63, 3.8) is 0 Å². The molecule has 0 atom stereocenters. The van der Waals surface area contributed by atoms with Crippen LogP contribution in [0.2, 0.25) is 0 Å². The topological polar surface area (TPSA) is 102 Å². The molecule has 0 aromatic heterocycles. The second kappa shape index (κ2) is 6.04. The number of ether oxygens (including phenoxy) is 1. The molecule has 0 aliphatic carbocycles. The molecule has 0 fully saturated rings. The third-order valence-corrected chi connectivity index (χ3v) is 3.00. The van der Waals surface area contributed by atoms with Crippen LogP contribution in [0.1, 0.15) is 16.7 Å². The zero-order valence-electron chi connectivity index (χ0n) is 11.5. The Kier molecular flexibility index (Phi) is 4.18. The van der Waals surface area contributed by atoms with Crippen LogP contribution in [0.15, 0.2) is 42.5 Å². The number of nitrogens with one attached hydrogen (secondary N) is 1. The molecule has 0 bridgehead atoms. The quantitative estimate of drug-likeness (QED) is 0.381. The molecule has 21 heavy (non-hydrogen) atoms. The van der Waals surface area contributed by atoms with Gasteiger partial charge in [-0.15, -0.1) is 0 Å². The van der Waals surface area contributed by atoms with E-state index in [1.165, 1.54) is 6.07 Å². The molecule has 0 spiro atoms. The number of nitrogens with zero attached hydrogens (tertiary/aromatic N) is 1. The third-order valence-electron chi connectivity index (χ3n) is 3.00. The standard InChI is InChI=1S/C15H15N3O3/c1-10-6-7-14(13(8-10)18(19)20)21-9-11-4-2-3-5-12(11)15(16)17/h2-8H,9H2,1H3,(H3,16,17). The Morgan fingerprint density at radius 2 is 2.05 bits per heavy atom. The van der Waals surface area contributed by atoms with Crippen molar-refractivity contribution in [3.05, 3.63) is 69.3 Å². The Bertz CT molecular complexity index is 698. The predicted molar refractivity (Wildman–Crippen MR) is 79.6 cm³/mol. The van der Waals surface area contributed by atoms with Crippen molar-refractivity contribution < 1.29 is 9.66 Å². The van der Waals surface area contributed by atoms with Gasteiger partial charge in [-0.05, 0) is 18.6 Å². The summed E-state index contributed by atoms with van der Waals surface area (Å²) in [5.41, 5.74) is 7.49. The van der Waals surface area contributed by atoms with Crippen molar-refractivity contribution >= 4 is 11.5 Å². The summed E-state index contributed by atoms with van der Waals surface area (Å²) < 4.78 is 5.54. The molecule has 2 aromatic carbocycles. The zero-order valence-corrected chi connectivity index (χ0v) is 11.5. The highest BCUT2D eigenvalue weighted by atomic mass is 16.6. The van der Waals surface area contributed by atoms with Crippen LogP contribution in [0.25, 0.3) is 0 Å². The number of benzene rings is 2. The number of rotatable bonds is 5. The van der Waals surface area contributed by atoms with E-state index >= 15 is 0 Å². The fraction of sp³-hybridized carbons (Fsp3) is 0.133. The van der Waals surface area contributed by atoms with Crippen LogP contribution in [0.3, 0.4) is 0 Å². The van der Waals surface area contributed by atoms with Gasteiger partial charge in [0.15, 0.2) is 5.75 Å². The summed E-state index contributed by atoms with van der Waals surface area (Å²) in [4.78, 5) is 10.6. The fourth-order valence-electron chi connectivity index (χ4n) is 1.96.